The minimum absolute atomic E-state index is 0.00505. The molecule has 2 atom stereocenters. The summed E-state index contributed by atoms with van der Waals surface area (Å²) >= 11 is 0. The van der Waals surface area contributed by atoms with Crippen LogP contribution in [0.4, 0.5) is 4.39 Å². The van der Waals surface area contributed by atoms with Crippen molar-refractivity contribution in [2.75, 3.05) is 19.7 Å². The van der Waals surface area contributed by atoms with Crippen LogP contribution in [0.2, 0.25) is 0 Å². The van der Waals surface area contributed by atoms with E-state index >= 15 is 0 Å². The molecule has 0 aliphatic carbocycles. The number of ether oxygens (including phenoxy) is 2. The molecule has 1 amide bonds. The lowest BCUT2D eigenvalue weighted by Gasteiger charge is -2.23. The molecule has 7 nitrogen and oxygen atoms in total. The molecule has 2 aromatic carbocycles. The number of nitrogens with zero attached hydrogens (tertiary/aromatic N) is 2. The summed E-state index contributed by atoms with van der Waals surface area (Å²) in [7, 11) is 0. The number of benzene rings is 2. The van der Waals surface area contributed by atoms with Crippen molar-refractivity contribution in [2.45, 2.75) is 31.6 Å². The highest BCUT2D eigenvalue weighted by atomic mass is 19.1. The highest BCUT2D eigenvalue weighted by molar-refractivity contribution is 5.82. The number of hydrogen-bond donors (Lipinski definition) is 2. The Hall–Kier alpha value is -3.46. The van der Waals surface area contributed by atoms with Crippen LogP contribution in [0.25, 0.3) is 11.1 Å². The topological polar surface area (TPSA) is 107 Å². The lowest BCUT2D eigenvalue weighted by molar-refractivity contribution is -0.132. The summed E-state index contributed by atoms with van der Waals surface area (Å²) in [5.41, 5.74) is 3.03. The van der Waals surface area contributed by atoms with E-state index in [1.54, 1.807) is 24.3 Å². The van der Waals surface area contributed by atoms with Gasteiger partial charge in [0.25, 0.3) is 5.91 Å². The third kappa shape index (κ3) is 4.51. The van der Waals surface area contributed by atoms with Gasteiger partial charge in [-0.25, -0.2) is 4.39 Å². The van der Waals surface area contributed by atoms with Crippen molar-refractivity contribution in [1.29, 1.82) is 10.5 Å². The molecule has 31 heavy (non-hydrogen) atoms. The molecule has 2 aliphatic heterocycles. The average Bonchev–Trinajstić information content (AvgIpc) is 3.08. The first-order valence-electron chi connectivity index (χ1n) is 10.1. The first-order valence-corrected chi connectivity index (χ1v) is 10.1. The number of amides is 1. The van der Waals surface area contributed by atoms with Crippen molar-refractivity contribution in [2.24, 2.45) is 0 Å². The molecule has 0 bridgehead atoms. The number of nitrogens with one attached hydrogen (secondary N) is 2. The number of halogens is 1. The molecular formula is C23H21FN4O3. The maximum absolute atomic E-state index is 14.9. The normalized spacial score (nSPS) is 18.2. The third-order valence-corrected chi connectivity index (χ3v) is 5.39. The predicted molar refractivity (Wildman–Crippen MR) is 109 cm³/mol. The van der Waals surface area contributed by atoms with Gasteiger partial charge in [-0.05, 0) is 53.9 Å². The Labute approximate surface area is 179 Å². The van der Waals surface area contributed by atoms with E-state index in [1.807, 2.05) is 6.07 Å². The van der Waals surface area contributed by atoms with Crippen LogP contribution in [0, 0.1) is 28.5 Å². The Bertz CT molecular complexity index is 1080. The van der Waals surface area contributed by atoms with E-state index in [4.69, 9.17) is 14.7 Å². The van der Waals surface area contributed by atoms with Crippen molar-refractivity contribution in [3.05, 3.63) is 52.8 Å². The van der Waals surface area contributed by atoms with Gasteiger partial charge in [0, 0.05) is 25.1 Å². The predicted octanol–water partition coefficient (Wildman–Crippen LogP) is 2.19. The molecule has 2 N–H and O–H groups in total. The van der Waals surface area contributed by atoms with Gasteiger partial charge in [0.15, 0.2) is 0 Å². The fourth-order valence-electron chi connectivity index (χ4n) is 3.78. The molecule has 1 fully saturated rings. The minimum Gasteiger partial charge on any atom is -0.488 e. The van der Waals surface area contributed by atoms with Crippen LogP contribution >= 0.6 is 0 Å². The summed E-state index contributed by atoms with van der Waals surface area (Å²) in [6.07, 6.45) is 0.141. The van der Waals surface area contributed by atoms with E-state index in [-0.39, 0.29) is 18.6 Å². The molecule has 0 saturated carbocycles. The average molecular weight is 420 g/mol. The zero-order valence-corrected chi connectivity index (χ0v) is 16.8. The summed E-state index contributed by atoms with van der Waals surface area (Å²) in [5, 5.41) is 24.3. The van der Waals surface area contributed by atoms with Crippen LogP contribution in [-0.2, 0) is 22.6 Å². The van der Waals surface area contributed by atoms with E-state index in [0.717, 1.165) is 24.1 Å². The van der Waals surface area contributed by atoms with Gasteiger partial charge in [-0.2, -0.15) is 10.5 Å². The first-order chi connectivity index (χ1) is 15.1. The molecule has 2 aliphatic rings. The zero-order valence-electron chi connectivity index (χ0n) is 16.8. The van der Waals surface area contributed by atoms with Gasteiger partial charge in [0.2, 0.25) is 0 Å². The summed E-state index contributed by atoms with van der Waals surface area (Å²) in [6, 6.07) is 11.4. The maximum atomic E-state index is 14.9. The van der Waals surface area contributed by atoms with Crippen molar-refractivity contribution in [3.63, 3.8) is 0 Å². The Kier molecular flexibility index (Phi) is 6.13. The molecule has 1 saturated heterocycles. The molecule has 158 valence electrons. The molecule has 0 aromatic heterocycles. The van der Waals surface area contributed by atoms with E-state index < -0.39 is 23.9 Å². The van der Waals surface area contributed by atoms with E-state index in [2.05, 4.69) is 16.7 Å². The highest BCUT2D eigenvalue weighted by Crippen LogP contribution is 2.39. The highest BCUT2D eigenvalue weighted by Gasteiger charge is 2.25. The van der Waals surface area contributed by atoms with Gasteiger partial charge in [0.05, 0.1) is 17.7 Å². The molecule has 0 radical (unpaired) electrons. The molecule has 2 heterocycles. The minimum atomic E-state index is -0.902. The van der Waals surface area contributed by atoms with Crippen LogP contribution in [-0.4, -0.2) is 37.7 Å². The van der Waals surface area contributed by atoms with E-state index in [1.165, 1.54) is 6.07 Å². The fraction of sp³-hybridized carbons (Fsp3) is 0.348. The quantitative estimate of drug-likeness (QED) is 0.785. The van der Waals surface area contributed by atoms with Gasteiger partial charge in [0.1, 0.15) is 30.3 Å². The fourth-order valence-corrected chi connectivity index (χ4v) is 3.78. The molecule has 4 rings (SSSR count). The summed E-state index contributed by atoms with van der Waals surface area (Å²) in [5.74, 6) is -0.368. The van der Waals surface area contributed by atoms with Gasteiger partial charge < -0.3 is 20.1 Å². The Morgan fingerprint density at radius 2 is 2.16 bits per heavy atom. The van der Waals surface area contributed by atoms with Crippen LogP contribution in [0.15, 0.2) is 30.3 Å². The van der Waals surface area contributed by atoms with E-state index in [9.17, 15) is 14.4 Å². The number of nitriles is 2. The zero-order chi connectivity index (χ0) is 21.8. The van der Waals surface area contributed by atoms with Crippen LogP contribution < -0.4 is 15.4 Å². The summed E-state index contributed by atoms with van der Waals surface area (Å²) in [4.78, 5) is 12.4. The molecule has 2 aromatic rings. The smallest absolute Gasteiger partial charge is 0.251 e. The number of fused-ring (bicyclic) bond motifs is 3. The lowest BCUT2D eigenvalue weighted by atomic mass is 9.93. The van der Waals surface area contributed by atoms with Crippen LogP contribution in [0.1, 0.15) is 23.1 Å². The number of rotatable bonds is 4. The van der Waals surface area contributed by atoms with Crippen molar-refractivity contribution in [1.82, 2.24) is 10.6 Å². The Balaban J connectivity index is 1.52. The second-order valence-corrected chi connectivity index (χ2v) is 7.52. The van der Waals surface area contributed by atoms with Gasteiger partial charge in [-0.15, -0.1) is 0 Å². The van der Waals surface area contributed by atoms with Crippen LogP contribution in [0.3, 0.4) is 0 Å². The van der Waals surface area contributed by atoms with Gasteiger partial charge in [-0.1, -0.05) is 6.07 Å². The maximum Gasteiger partial charge on any atom is 0.251 e. The molecule has 8 heteroatoms. The first kappa shape index (κ1) is 20.8. The number of carbonyl (C=O) groups is 1. The summed E-state index contributed by atoms with van der Waals surface area (Å²) in [6.45, 7) is 1.88. The Morgan fingerprint density at radius 1 is 1.29 bits per heavy atom. The van der Waals surface area contributed by atoms with Crippen LogP contribution in [0.5, 0.6) is 5.75 Å². The number of carbonyl (C=O) groups excluding carboxylic acids is 1. The largest absolute Gasteiger partial charge is 0.488 e. The SMILES string of the molecule is N#Cc1ccc2c(c1)COc1cc(CC(C#N)NC(=O)[C@@H]3CNCCCO3)c(F)cc1-2. The van der Waals surface area contributed by atoms with E-state index in [0.29, 0.717) is 30.0 Å². The van der Waals surface area contributed by atoms with Gasteiger partial charge in [-0.3, -0.25) is 4.79 Å². The summed E-state index contributed by atoms with van der Waals surface area (Å²) < 4.78 is 26.2. The Morgan fingerprint density at radius 3 is 2.97 bits per heavy atom. The lowest BCUT2D eigenvalue weighted by Crippen LogP contribution is -2.46. The van der Waals surface area contributed by atoms with Gasteiger partial charge >= 0.3 is 0 Å². The third-order valence-electron chi connectivity index (χ3n) is 5.39. The molecule has 1 unspecified atom stereocenters. The monoisotopic (exact) mass is 420 g/mol. The van der Waals surface area contributed by atoms with Crippen molar-refractivity contribution < 1.29 is 18.7 Å². The van der Waals surface area contributed by atoms with Crippen molar-refractivity contribution in [3.8, 4) is 29.0 Å². The molecular weight excluding hydrogens is 399 g/mol. The second kappa shape index (κ2) is 9.13. The second-order valence-electron chi connectivity index (χ2n) is 7.52. The standard InChI is InChI=1S/C23H21FN4O3/c24-20-9-19-18-3-2-14(10-25)6-16(18)13-31-21(19)8-15(20)7-17(11-26)28-23(29)22-12-27-4-1-5-30-22/h2-3,6,8-9,17,22,27H,1,4-5,7,12-13H2,(H,28,29)/t17?,22-/m0/s1. The van der Waals surface area contributed by atoms with Crippen molar-refractivity contribution >= 4 is 5.91 Å². The molecule has 0 spiro atoms. The number of hydrogen-bond acceptors (Lipinski definition) is 6.